The Labute approximate surface area is 148 Å². The van der Waals surface area contributed by atoms with Crippen LogP contribution in [0.3, 0.4) is 0 Å². The molecule has 0 aliphatic heterocycles. The van der Waals surface area contributed by atoms with Crippen molar-refractivity contribution in [2.24, 2.45) is 0 Å². The number of hydrogen-bond acceptors (Lipinski definition) is 1. The van der Waals surface area contributed by atoms with Crippen LogP contribution in [-0.4, -0.2) is 18.0 Å². The van der Waals surface area contributed by atoms with Crippen molar-refractivity contribution in [3.63, 3.8) is 0 Å². The lowest BCUT2D eigenvalue weighted by atomic mass is 9.87. The van der Waals surface area contributed by atoms with E-state index in [1.54, 1.807) is 0 Å². The molecule has 0 aliphatic carbocycles. The molecule has 0 fully saturated rings. The first kappa shape index (κ1) is 18.7. The van der Waals surface area contributed by atoms with Crippen LogP contribution in [0.15, 0.2) is 60.7 Å². The second-order valence-corrected chi connectivity index (χ2v) is 6.80. The zero-order valence-electron chi connectivity index (χ0n) is 15.6. The van der Waals surface area contributed by atoms with Crippen molar-refractivity contribution in [3.05, 3.63) is 71.8 Å². The lowest BCUT2D eigenvalue weighted by Gasteiger charge is -2.36. The Bertz CT molecular complexity index is 541. The van der Waals surface area contributed by atoms with E-state index >= 15 is 0 Å². The molecule has 0 radical (unpaired) electrons. The summed E-state index contributed by atoms with van der Waals surface area (Å²) >= 11 is 0. The van der Waals surface area contributed by atoms with Gasteiger partial charge in [-0.3, -0.25) is 4.90 Å². The molecule has 1 nitrogen and oxygen atoms in total. The lowest BCUT2D eigenvalue weighted by Crippen LogP contribution is -2.34. The molecular formula is C23H33N. The van der Waals surface area contributed by atoms with Crippen LogP contribution in [0.25, 0.3) is 0 Å². The Kier molecular flexibility index (Phi) is 8.04. The van der Waals surface area contributed by atoms with E-state index in [1.807, 2.05) is 0 Å². The molecule has 2 rings (SSSR count). The molecule has 0 bridgehead atoms. The van der Waals surface area contributed by atoms with Crippen molar-refractivity contribution in [2.75, 3.05) is 13.1 Å². The van der Waals surface area contributed by atoms with Gasteiger partial charge in [0.25, 0.3) is 0 Å². The monoisotopic (exact) mass is 323 g/mol. The molecule has 2 aromatic rings. The number of unbranched alkanes of at least 4 members (excludes halogenated alkanes) is 2. The van der Waals surface area contributed by atoms with Gasteiger partial charge in [0.05, 0.1) is 0 Å². The van der Waals surface area contributed by atoms with Crippen LogP contribution in [0.5, 0.6) is 0 Å². The van der Waals surface area contributed by atoms with Gasteiger partial charge in [-0.15, -0.1) is 0 Å². The predicted octanol–water partition coefficient (Wildman–Crippen LogP) is 6.43. The largest absolute Gasteiger partial charge is 0.296 e. The van der Waals surface area contributed by atoms with Gasteiger partial charge in [0.1, 0.15) is 0 Å². The maximum Gasteiger partial charge on any atom is 0.0413 e. The summed E-state index contributed by atoms with van der Waals surface area (Å²) in [4.78, 5) is 2.72. The highest BCUT2D eigenvalue weighted by molar-refractivity contribution is 5.27. The van der Waals surface area contributed by atoms with Crippen LogP contribution >= 0.6 is 0 Å². The second kappa shape index (κ2) is 10.3. The van der Waals surface area contributed by atoms with E-state index < -0.39 is 0 Å². The summed E-state index contributed by atoms with van der Waals surface area (Å²) < 4.78 is 0. The lowest BCUT2D eigenvalue weighted by molar-refractivity contribution is 0.170. The van der Waals surface area contributed by atoms with E-state index in [1.165, 1.54) is 49.9 Å². The van der Waals surface area contributed by atoms with E-state index in [4.69, 9.17) is 0 Å². The maximum absolute atomic E-state index is 2.72. The van der Waals surface area contributed by atoms with Gasteiger partial charge >= 0.3 is 0 Å². The molecular weight excluding hydrogens is 290 g/mol. The number of benzene rings is 2. The van der Waals surface area contributed by atoms with Crippen molar-refractivity contribution in [1.29, 1.82) is 0 Å². The molecule has 0 aliphatic rings. The summed E-state index contributed by atoms with van der Waals surface area (Å²) in [5, 5.41) is 0. The molecule has 0 saturated heterocycles. The third-order valence-corrected chi connectivity index (χ3v) is 4.93. The van der Waals surface area contributed by atoms with E-state index in [-0.39, 0.29) is 0 Å². The fourth-order valence-electron chi connectivity index (χ4n) is 3.52. The van der Waals surface area contributed by atoms with E-state index in [9.17, 15) is 0 Å². The molecule has 2 atom stereocenters. The summed E-state index contributed by atoms with van der Waals surface area (Å²) in [5.74, 6) is 0.488. The summed E-state index contributed by atoms with van der Waals surface area (Å²) in [6.45, 7) is 9.34. The van der Waals surface area contributed by atoms with Gasteiger partial charge in [-0.05, 0) is 37.1 Å². The Morgan fingerprint density at radius 1 is 0.708 bits per heavy atom. The van der Waals surface area contributed by atoms with Crippen molar-refractivity contribution in [1.82, 2.24) is 4.90 Å². The molecule has 0 aromatic heterocycles. The minimum Gasteiger partial charge on any atom is -0.296 e. The van der Waals surface area contributed by atoms with E-state index in [0.717, 1.165) is 0 Å². The smallest absolute Gasteiger partial charge is 0.0413 e. The standard InChI is InChI=1S/C23H33N/c1-4-6-18-24(19-7-5-2)23(22-16-12-9-13-17-22)20(3)21-14-10-8-11-15-21/h8-17,20,23H,4-7,18-19H2,1-3H3. The summed E-state index contributed by atoms with van der Waals surface area (Å²) in [5.41, 5.74) is 2.88. The Morgan fingerprint density at radius 3 is 1.62 bits per heavy atom. The zero-order valence-corrected chi connectivity index (χ0v) is 15.6. The summed E-state index contributed by atoms with van der Waals surface area (Å²) in [7, 11) is 0. The highest BCUT2D eigenvalue weighted by Crippen LogP contribution is 2.36. The average Bonchev–Trinajstić information content (AvgIpc) is 2.65. The normalized spacial score (nSPS) is 13.8. The van der Waals surface area contributed by atoms with Crippen LogP contribution in [0.4, 0.5) is 0 Å². The Morgan fingerprint density at radius 2 is 1.17 bits per heavy atom. The fraction of sp³-hybridized carbons (Fsp3) is 0.478. The highest BCUT2D eigenvalue weighted by atomic mass is 15.2. The first-order chi connectivity index (χ1) is 11.8. The van der Waals surface area contributed by atoms with Crippen LogP contribution in [-0.2, 0) is 0 Å². The SMILES string of the molecule is CCCCN(CCCC)C(c1ccccc1)C(C)c1ccccc1. The van der Waals surface area contributed by atoms with Gasteiger partial charge in [-0.1, -0.05) is 94.3 Å². The van der Waals surface area contributed by atoms with Crippen LogP contribution in [0.1, 0.15) is 69.5 Å². The van der Waals surface area contributed by atoms with Gasteiger partial charge in [-0.2, -0.15) is 0 Å². The van der Waals surface area contributed by atoms with Crippen molar-refractivity contribution < 1.29 is 0 Å². The molecule has 24 heavy (non-hydrogen) atoms. The highest BCUT2D eigenvalue weighted by Gasteiger charge is 2.26. The molecule has 130 valence electrons. The quantitative estimate of drug-likeness (QED) is 0.486. The molecule has 0 amide bonds. The minimum absolute atomic E-state index is 0.451. The molecule has 0 spiro atoms. The summed E-state index contributed by atoms with van der Waals surface area (Å²) in [6.07, 6.45) is 5.05. The molecule has 2 unspecified atom stereocenters. The average molecular weight is 324 g/mol. The molecule has 1 heteroatoms. The Balaban J connectivity index is 2.32. The van der Waals surface area contributed by atoms with E-state index in [0.29, 0.717) is 12.0 Å². The van der Waals surface area contributed by atoms with Gasteiger partial charge in [0.2, 0.25) is 0 Å². The maximum atomic E-state index is 2.72. The summed E-state index contributed by atoms with van der Waals surface area (Å²) in [6, 6.07) is 22.5. The predicted molar refractivity (Wildman–Crippen MR) is 105 cm³/mol. The Hall–Kier alpha value is -1.60. The number of rotatable bonds is 10. The van der Waals surface area contributed by atoms with Crippen LogP contribution in [0.2, 0.25) is 0 Å². The van der Waals surface area contributed by atoms with Gasteiger partial charge < -0.3 is 0 Å². The van der Waals surface area contributed by atoms with Crippen LogP contribution in [0, 0.1) is 0 Å². The van der Waals surface area contributed by atoms with Crippen LogP contribution < -0.4 is 0 Å². The molecule has 0 N–H and O–H groups in total. The second-order valence-electron chi connectivity index (χ2n) is 6.80. The third-order valence-electron chi connectivity index (χ3n) is 4.93. The molecule has 0 heterocycles. The van der Waals surface area contributed by atoms with Crippen molar-refractivity contribution >= 4 is 0 Å². The van der Waals surface area contributed by atoms with Gasteiger partial charge in [-0.25, -0.2) is 0 Å². The topological polar surface area (TPSA) is 3.24 Å². The van der Waals surface area contributed by atoms with E-state index in [2.05, 4.69) is 86.3 Å². The first-order valence-electron chi connectivity index (χ1n) is 9.61. The number of nitrogens with zero attached hydrogens (tertiary/aromatic N) is 1. The first-order valence-corrected chi connectivity index (χ1v) is 9.61. The van der Waals surface area contributed by atoms with Gasteiger partial charge in [0, 0.05) is 12.0 Å². The van der Waals surface area contributed by atoms with Crippen molar-refractivity contribution in [3.8, 4) is 0 Å². The molecule has 2 aromatic carbocycles. The fourth-order valence-corrected chi connectivity index (χ4v) is 3.52. The third kappa shape index (κ3) is 5.21. The zero-order chi connectivity index (χ0) is 17.2. The number of hydrogen-bond donors (Lipinski definition) is 0. The van der Waals surface area contributed by atoms with Crippen molar-refractivity contribution in [2.45, 2.75) is 58.4 Å². The molecule has 0 saturated carbocycles. The minimum atomic E-state index is 0.451. The van der Waals surface area contributed by atoms with Gasteiger partial charge in [0.15, 0.2) is 0 Å².